The number of hydrogen-bond acceptors (Lipinski definition) is 3. The first kappa shape index (κ1) is 10.3. The third-order valence-corrected chi connectivity index (χ3v) is 4.38. The molecule has 0 spiro atoms. The summed E-state index contributed by atoms with van der Waals surface area (Å²) in [4.78, 5) is 13.2. The minimum Gasteiger partial charge on any atom is -0.480 e. The zero-order valence-corrected chi connectivity index (χ0v) is 9.13. The van der Waals surface area contributed by atoms with Gasteiger partial charge in [0.15, 0.2) is 0 Å². The molecular formula is C10H17NO2S. The number of carbonyl (C=O) groups is 1. The van der Waals surface area contributed by atoms with E-state index in [1.54, 1.807) is 0 Å². The van der Waals surface area contributed by atoms with Crippen LogP contribution in [0.5, 0.6) is 0 Å². The molecule has 2 rings (SSSR count). The normalized spacial score (nSPS) is 34.6. The van der Waals surface area contributed by atoms with Crippen molar-refractivity contribution >= 4 is 17.7 Å². The topological polar surface area (TPSA) is 40.5 Å². The molecule has 2 fully saturated rings. The molecule has 2 heterocycles. The maximum Gasteiger partial charge on any atom is 0.320 e. The van der Waals surface area contributed by atoms with Gasteiger partial charge in [-0.2, -0.15) is 11.8 Å². The molecule has 2 aliphatic rings. The van der Waals surface area contributed by atoms with Gasteiger partial charge >= 0.3 is 5.97 Å². The number of thioether (sulfide) groups is 1. The predicted octanol–water partition coefficient (Wildman–Crippen LogP) is 1.43. The monoisotopic (exact) mass is 215 g/mol. The summed E-state index contributed by atoms with van der Waals surface area (Å²) >= 11 is 1.97. The van der Waals surface area contributed by atoms with Crippen molar-refractivity contribution in [3.05, 3.63) is 0 Å². The number of carboxylic acid groups (broad SMARTS) is 1. The van der Waals surface area contributed by atoms with Gasteiger partial charge in [-0.3, -0.25) is 9.69 Å². The summed E-state index contributed by atoms with van der Waals surface area (Å²) in [5.74, 6) is 1.75. The van der Waals surface area contributed by atoms with Gasteiger partial charge in [-0.25, -0.2) is 0 Å². The average molecular weight is 215 g/mol. The number of carboxylic acids is 1. The van der Waals surface area contributed by atoms with Crippen molar-refractivity contribution in [2.24, 2.45) is 0 Å². The molecule has 0 aromatic heterocycles. The van der Waals surface area contributed by atoms with Gasteiger partial charge in [-0.1, -0.05) is 0 Å². The van der Waals surface area contributed by atoms with Gasteiger partial charge < -0.3 is 5.11 Å². The van der Waals surface area contributed by atoms with E-state index >= 15 is 0 Å². The van der Waals surface area contributed by atoms with Crippen molar-refractivity contribution in [3.63, 3.8) is 0 Å². The maximum atomic E-state index is 11.0. The summed E-state index contributed by atoms with van der Waals surface area (Å²) in [6.45, 7) is 0.988. The van der Waals surface area contributed by atoms with Gasteiger partial charge in [-0.05, 0) is 38.0 Å². The Morgan fingerprint density at radius 3 is 2.86 bits per heavy atom. The number of rotatable bonds is 2. The molecule has 1 N–H and O–H groups in total. The zero-order valence-electron chi connectivity index (χ0n) is 8.32. The molecule has 0 bridgehead atoms. The first-order chi connectivity index (χ1) is 6.79. The van der Waals surface area contributed by atoms with E-state index < -0.39 is 5.97 Å². The van der Waals surface area contributed by atoms with E-state index in [4.69, 9.17) is 5.11 Å². The first-order valence-electron chi connectivity index (χ1n) is 5.35. The highest BCUT2D eigenvalue weighted by atomic mass is 32.2. The van der Waals surface area contributed by atoms with E-state index in [-0.39, 0.29) is 6.04 Å². The summed E-state index contributed by atoms with van der Waals surface area (Å²) in [5.41, 5.74) is 0. The highest BCUT2D eigenvalue weighted by Crippen LogP contribution is 2.28. The van der Waals surface area contributed by atoms with Crippen LogP contribution in [-0.4, -0.2) is 46.1 Å². The summed E-state index contributed by atoms with van der Waals surface area (Å²) in [6.07, 6.45) is 4.34. The molecule has 2 saturated heterocycles. The highest BCUT2D eigenvalue weighted by molar-refractivity contribution is 7.99. The van der Waals surface area contributed by atoms with Crippen molar-refractivity contribution in [2.45, 2.75) is 37.8 Å². The van der Waals surface area contributed by atoms with Gasteiger partial charge in [0, 0.05) is 11.8 Å². The lowest BCUT2D eigenvalue weighted by molar-refractivity contribution is -0.142. The van der Waals surface area contributed by atoms with Crippen molar-refractivity contribution in [2.75, 3.05) is 18.1 Å². The Balaban J connectivity index is 1.97. The Morgan fingerprint density at radius 2 is 2.21 bits per heavy atom. The van der Waals surface area contributed by atoms with Crippen LogP contribution in [-0.2, 0) is 4.79 Å². The zero-order chi connectivity index (χ0) is 9.97. The van der Waals surface area contributed by atoms with Crippen molar-refractivity contribution in [1.82, 2.24) is 4.90 Å². The third-order valence-electron chi connectivity index (χ3n) is 3.18. The molecular weight excluding hydrogens is 198 g/mol. The maximum absolute atomic E-state index is 11.0. The molecule has 2 aliphatic heterocycles. The lowest BCUT2D eigenvalue weighted by Gasteiger charge is -2.33. The number of likely N-dealkylation sites (tertiary alicyclic amines) is 1. The second kappa shape index (κ2) is 4.53. The van der Waals surface area contributed by atoms with Crippen LogP contribution >= 0.6 is 11.8 Å². The van der Waals surface area contributed by atoms with E-state index in [1.165, 1.54) is 18.6 Å². The molecule has 0 aliphatic carbocycles. The summed E-state index contributed by atoms with van der Waals surface area (Å²) in [6, 6.07) is 0.330. The summed E-state index contributed by atoms with van der Waals surface area (Å²) < 4.78 is 0. The van der Waals surface area contributed by atoms with Crippen molar-refractivity contribution < 1.29 is 9.90 Å². The second-order valence-electron chi connectivity index (χ2n) is 4.11. The summed E-state index contributed by atoms with van der Waals surface area (Å²) in [7, 11) is 0. The molecule has 0 aromatic carbocycles. The molecule has 80 valence electrons. The van der Waals surface area contributed by atoms with Crippen LogP contribution in [0.4, 0.5) is 0 Å². The van der Waals surface area contributed by atoms with Crippen molar-refractivity contribution in [3.8, 4) is 0 Å². The molecule has 4 heteroatoms. The summed E-state index contributed by atoms with van der Waals surface area (Å²) in [5, 5.41) is 9.07. The van der Waals surface area contributed by atoms with E-state index in [0.29, 0.717) is 6.04 Å². The van der Waals surface area contributed by atoms with Crippen LogP contribution < -0.4 is 0 Å². The second-order valence-corrected chi connectivity index (χ2v) is 5.25. The van der Waals surface area contributed by atoms with E-state index in [9.17, 15) is 4.79 Å². The van der Waals surface area contributed by atoms with Crippen LogP contribution in [0.2, 0.25) is 0 Å². The third kappa shape index (κ3) is 2.06. The van der Waals surface area contributed by atoms with Gasteiger partial charge in [0.05, 0.1) is 0 Å². The minimum atomic E-state index is -0.627. The molecule has 0 radical (unpaired) electrons. The van der Waals surface area contributed by atoms with Gasteiger partial charge in [0.1, 0.15) is 6.04 Å². The van der Waals surface area contributed by atoms with Gasteiger partial charge in [0.2, 0.25) is 0 Å². The molecule has 2 unspecified atom stereocenters. The fourth-order valence-corrected chi connectivity index (χ4v) is 3.64. The number of nitrogens with zero attached hydrogens (tertiary/aromatic N) is 1. The molecule has 0 aromatic rings. The molecule has 0 amide bonds. The molecule has 3 nitrogen and oxygen atoms in total. The Labute approximate surface area is 88.9 Å². The Kier molecular flexibility index (Phi) is 3.34. The van der Waals surface area contributed by atoms with Crippen LogP contribution in [0.25, 0.3) is 0 Å². The number of aliphatic carboxylic acids is 1. The molecule has 2 atom stereocenters. The fourth-order valence-electron chi connectivity index (χ4n) is 2.48. The highest BCUT2D eigenvalue weighted by Gasteiger charge is 2.35. The van der Waals surface area contributed by atoms with Gasteiger partial charge in [-0.15, -0.1) is 0 Å². The first-order valence-corrected chi connectivity index (χ1v) is 6.51. The van der Waals surface area contributed by atoms with Crippen LogP contribution in [0.3, 0.4) is 0 Å². The van der Waals surface area contributed by atoms with Crippen LogP contribution in [0, 0.1) is 0 Å². The minimum absolute atomic E-state index is 0.196. The Bertz CT molecular complexity index is 216. The number of hydrogen-bond donors (Lipinski definition) is 1. The smallest absolute Gasteiger partial charge is 0.320 e. The van der Waals surface area contributed by atoms with E-state index in [1.807, 2.05) is 11.8 Å². The predicted molar refractivity (Wildman–Crippen MR) is 57.7 cm³/mol. The molecule has 14 heavy (non-hydrogen) atoms. The van der Waals surface area contributed by atoms with E-state index in [0.717, 1.165) is 25.1 Å². The lowest BCUT2D eigenvalue weighted by Crippen LogP contribution is -2.45. The quantitative estimate of drug-likeness (QED) is 0.756. The Hall–Kier alpha value is -0.220. The lowest BCUT2D eigenvalue weighted by atomic mass is 10.1. The molecule has 0 saturated carbocycles. The van der Waals surface area contributed by atoms with Crippen molar-refractivity contribution in [1.29, 1.82) is 0 Å². The largest absolute Gasteiger partial charge is 0.480 e. The standard InChI is InChI=1S/C10H17NO2S/c12-10(13)9-4-1-5-11(9)8-3-2-6-14-7-8/h8-9H,1-7H2,(H,12,13). The SMILES string of the molecule is O=C(O)C1CCCN1C1CCCSC1. The Morgan fingerprint density at radius 1 is 1.36 bits per heavy atom. The van der Waals surface area contributed by atoms with Crippen LogP contribution in [0.15, 0.2) is 0 Å². The van der Waals surface area contributed by atoms with Crippen LogP contribution in [0.1, 0.15) is 25.7 Å². The average Bonchev–Trinajstić information content (AvgIpc) is 2.67. The van der Waals surface area contributed by atoms with Gasteiger partial charge in [0.25, 0.3) is 0 Å². The fraction of sp³-hybridized carbons (Fsp3) is 0.900. The van der Waals surface area contributed by atoms with E-state index in [2.05, 4.69) is 4.90 Å².